The number of rotatable bonds is 3. The molecule has 0 bridgehead atoms. The van der Waals surface area contributed by atoms with Gasteiger partial charge in [-0.2, -0.15) is 0 Å². The van der Waals surface area contributed by atoms with Crippen molar-refractivity contribution in [2.75, 3.05) is 0 Å². The second kappa shape index (κ2) is 3.74. The largest absolute Gasteiger partial charge is 0.481 e. The Morgan fingerprint density at radius 2 is 1.93 bits per heavy atom. The summed E-state index contributed by atoms with van der Waals surface area (Å²) in [5, 5.41) is 8.93. The molecule has 1 N–H and O–H groups in total. The Balaban J connectivity index is 2.67. The lowest BCUT2D eigenvalue weighted by atomic mass is 10.0. The van der Waals surface area contributed by atoms with Gasteiger partial charge in [-0.15, -0.1) is 0 Å². The van der Waals surface area contributed by atoms with Gasteiger partial charge in [-0.25, -0.2) is 0 Å². The number of halogens is 2. The van der Waals surface area contributed by atoms with Crippen LogP contribution in [-0.2, 0) is 4.79 Å². The predicted octanol–water partition coefficient (Wildman–Crippen LogP) is 3.44. The molecule has 0 aromatic rings. The number of aliphatic carboxylic acids is 1. The van der Waals surface area contributed by atoms with Crippen LogP contribution in [0.1, 0.15) is 27.2 Å². The van der Waals surface area contributed by atoms with Crippen molar-refractivity contribution in [2.45, 2.75) is 27.2 Å². The molecular weight excluding hydrogens is 223 g/mol. The fourth-order valence-electron chi connectivity index (χ4n) is 2.02. The zero-order chi connectivity index (χ0) is 11.1. The smallest absolute Gasteiger partial charge is 0.307 e. The van der Waals surface area contributed by atoms with Crippen LogP contribution in [0, 0.1) is 17.3 Å². The van der Waals surface area contributed by atoms with E-state index in [0.717, 1.165) is 5.57 Å². The minimum atomic E-state index is -0.724. The third-order valence-corrected chi connectivity index (χ3v) is 3.81. The van der Waals surface area contributed by atoms with Crippen molar-refractivity contribution >= 4 is 29.2 Å². The first-order valence-electron chi connectivity index (χ1n) is 4.52. The second-order valence-corrected chi connectivity index (χ2v) is 5.44. The van der Waals surface area contributed by atoms with Gasteiger partial charge in [0.15, 0.2) is 0 Å². The van der Waals surface area contributed by atoms with E-state index in [1.165, 1.54) is 0 Å². The third kappa shape index (κ3) is 2.06. The molecule has 1 saturated carbocycles. The lowest BCUT2D eigenvalue weighted by Crippen LogP contribution is -2.03. The van der Waals surface area contributed by atoms with Crippen LogP contribution < -0.4 is 0 Å². The van der Waals surface area contributed by atoms with E-state index in [4.69, 9.17) is 28.3 Å². The Labute approximate surface area is 93.9 Å². The van der Waals surface area contributed by atoms with Gasteiger partial charge in [-0.3, -0.25) is 4.79 Å². The zero-order valence-electron chi connectivity index (χ0n) is 8.47. The Hall–Kier alpha value is -0.210. The van der Waals surface area contributed by atoms with E-state index in [1.807, 2.05) is 20.8 Å². The SMILES string of the molecule is CC(CC1C(C(=O)O)C1(C)C)=C(Cl)Cl. The highest BCUT2D eigenvalue weighted by Gasteiger charge is 2.61. The van der Waals surface area contributed by atoms with E-state index < -0.39 is 5.97 Å². The quantitative estimate of drug-likeness (QED) is 0.816. The summed E-state index contributed by atoms with van der Waals surface area (Å²) in [6.45, 7) is 5.76. The van der Waals surface area contributed by atoms with Gasteiger partial charge in [0.1, 0.15) is 4.49 Å². The van der Waals surface area contributed by atoms with Crippen LogP contribution >= 0.6 is 23.2 Å². The molecule has 1 fully saturated rings. The molecular formula is C10H14Cl2O2. The van der Waals surface area contributed by atoms with Gasteiger partial charge in [-0.05, 0) is 30.3 Å². The Kier molecular flexibility index (Phi) is 3.17. The summed E-state index contributed by atoms with van der Waals surface area (Å²) in [6.07, 6.45) is 0.673. The third-order valence-electron chi connectivity index (χ3n) is 3.17. The summed E-state index contributed by atoms with van der Waals surface area (Å²) >= 11 is 11.2. The molecule has 0 radical (unpaired) electrons. The number of allylic oxidation sites excluding steroid dienone is 1. The maximum Gasteiger partial charge on any atom is 0.307 e. The Bertz CT molecular complexity index is 290. The second-order valence-electron chi connectivity index (χ2n) is 4.49. The monoisotopic (exact) mass is 236 g/mol. The van der Waals surface area contributed by atoms with E-state index in [-0.39, 0.29) is 21.7 Å². The molecule has 1 aliphatic carbocycles. The van der Waals surface area contributed by atoms with Crippen molar-refractivity contribution in [3.63, 3.8) is 0 Å². The topological polar surface area (TPSA) is 37.3 Å². The molecule has 0 amide bonds. The average Bonchev–Trinajstić information content (AvgIpc) is 2.52. The number of carbonyl (C=O) groups is 1. The lowest BCUT2D eigenvalue weighted by molar-refractivity contribution is -0.139. The van der Waals surface area contributed by atoms with E-state index in [0.29, 0.717) is 6.42 Å². The van der Waals surface area contributed by atoms with Crippen LogP contribution in [0.15, 0.2) is 10.1 Å². The highest BCUT2D eigenvalue weighted by atomic mass is 35.5. The number of carboxylic acid groups (broad SMARTS) is 1. The van der Waals surface area contributed by atoms with E-state index >= 15 is 0 Å². The van der Waals surface area contributed by atoms with Gasteiger partial charge in [0.25, 0.3) is 0 Å². The number of carboxylic acids is 1. The summed E-state index contributed by atoms with van der Waals surface area (Å²) in [5.74, 6) is -0.823. The van der Waals surface area contributed by atoms with Crippen molar-refractivity contribution in [3.05, 3.63) is 10.1 Å². The maximum absolute atomic E-state index is 10.9. The molecule has 1 aliphatic rings. The molecule has 2 unspecified atom stereocenters. The molecule has 80 valence electrons. The van der Waals surface area contributed by atoms with E-state index in [2.05, 4.69) is 0 Å². The van der Waals surface area contributed by atoms with Gasteiger partial charge in [0.2, 0.25) is 0 Å². The van der Waals surface area contributed by atoms with Crippen molar-refractivity contribution < 1.29 is 9.90 Å². The molecule has 0 aliphatic heterocycles. The molecule has 2 nitrogen and oxygen atoms in total. The highest BCUT2D eigenvalue weighted by molar-refractivity contribution is 6.56. The van der Waals surface area contributed by atoms with E-state index in [1.54, 1.807) is 0 Å². The number of hydrogen-bond donors (Lipinski definition) is 1. The lowest BCUT2D eigenvalue weighted by Gasteiger charge is -2.02. The fourth-order valence-corrected chi connectivity index (χ4v) is 2.18. The zero-order valence-corrected chi connectivity index (χ0v) is 9.99. The number of hydrogen-bond acceptors (Lipinski definition) is 1. The summed E-state index contributed by atoms with van der Waals surface area (Å²) in [7, 11) is 0. The van der Waals surface area contributed by atoms with Crippen LogP contribution in [0.4, 0.5) is 0 Å². The van der Waals surface area contributed by atoms with Gasteiger partial charge >= 0.3 is 5.97 Å². The van der Waals surface area contributed by atoms with Crippen LogP contribution in [-0.4, -0.2) is 11.1 Å². The Morgan fingerprint density at radius 1 is 1.43 bits per heavy atom. The molecule has 0 aromatic heterocycles. The highest BCUT2D eigenvalue weighted by Crippen LogP contribution is 2.61. The fraction of sp³-hybridized carbons (Fsp3) is 0.700. The van der Waals surface area contributed by atoms with Crippen molar-refractivity contribution in [3.8, 4) is 0 Å². The first-order chi connectivity index (χ1) is 6.28. The van der Waals surface area contributed by atoms with Crippen LogP contribution in [0.3, 0.4) is 0 Å². The van der Waals surface area contributed by atoms with Gasteiger partial charge in [-0.1, -0.05) is 37.0 Å². The normalized spacial score (nSPS) is 28.4. The van der Waals surface area contributed by atoms with Crippen LogP contribution in [0.2, 0.25) is 0 Å². The van der Waals surface area contributed by atoms with Crippen LogP contribution in [0.25, 0.3) is 0 Å². The minimum absolute atomic E-state index is 0.129. The molecule has 14 heavy (non-hydrogen) atoms. The molecule has 0 spiro atoms. The van der Waals surface area contributed by atoms with Gasteiger partial charge in [0.05, 0.1) is 5.92 Å². The van der Waals surface area contributed by atoms with Crippen molar-refractivity contribution in [2.24, 2.45) is 17.3 Å². The first kappa shape index (κ1) is 11.9. The summed E-state index contributed by atoms with van der Waals surface area (Å²) in [6, 6.07) is 0. The minimum Gasteiger partial charge on any atom is -0.481 e. The van der Waals surface area contributed by atoms with E-state index in [9.17, 15) is 4.79 Å². The predicted molar refractivity (Wildman–Crippen MR) is 57.4 cm³/mol. The molecule has 1 rings (SSSR count). The maximum atomic E-state index is 10.9. The standard InChI is InChI=1S/C10H14Cl2O2/c1-5(8(11)12)4-6-7(9(13)14)10(6,2)3/h6-7H,4H2,1-3H3,(H,13,14). The molecule has 0 heterocycles. The average molecular weight is 237 g/mol. The summed E-state index contributed by atoms with van der Waals surface area (Å²) in [5.41, 5.74) is 0.742. The van der Waals surface area contributed by atoms with Gasteiger partial charge < -0.3 is 5.11 Å². The van der Waals surface area contributed by atoms with Crippen molar-refractivity contribution in [1.82, 2.24) is 0 Å². The van der Waals surface area contributed by atoms with Crippen LogP contribution in [0.5, 0.6) is 0 Å². The van der Waals surface area contributed by atoms with Gasteiger partial charge in [0, 0.05) is 0 Å². The molecule has 0 saturated heterocycles. The summed E-state index contributed by atoms with van der Waals surface area (Å²) < 4.78 is 0.261. The molecule has 2 atom stereocenters. The summed E-state index contributed by atoms with van der Waals surface area (Å²) in [4.78, 5) is 10.9. The Morgan fingerprint density at radius 3 is 2.21 bits per heavy atom. The molecule has 0 aromatic carbocycles. The van der Waals surface area contributed by atoms with Crippen molar-refractivity contribution in [1.29, 1.82) is 0 Å². The molecule has 4 heteroatoms. The first-order valence-corrected chi connectivity index (χ1v) is 5.27.